The Morgan fingerprint density at radius 1 is 0.926 bits per heavy atom. The molecule has 0 heterocycles. The summed E-state index contributed by atoms with van der Waals surface area (Å²) in [6.45, 7) is 16.2. The van der Waals surface area contributed by atoms with Crippen molar-refractivity contribution in [2.45, 2.75) is 77.6 Å². The molecule has 154 valence electrons. The number of hydrogen-bond donors (Lipinski definition) is 0. The standard InChI is InChI=1S/C22H37BrO3Si/c1-15(2)27(16(3)4,17(5)6)26-18(7)11-10-12-19-13-20(24-8)14-21(25-9)22(19)23/h10,12-18H,11H2,1-9H3/b12-10+/t18-/m1/s1. The van der Waals surface area contributed by atoms with Crippen LogP contribution in [0, 0.1) is 0 Å². The van der Waals surface area contributed by atoms with Gasteiger partial charge in [-0.05, 0) is 57.5 Å². The van der Waals surface area contributed by atoms with Gasteiger partial charge < -0.3 is 13.9 Å². The highest BCUT2D eigenvalue weighted by Crippen LogP contribution is 2.43. The van der Waals surface area contributed by atoms with E-state index in [4.69, 9.17) is 13.9 Å². The predicted molar refractivity (Wildman–Crippen MR) is 122 cm³/mol. The number of methoxy groups -OCH3 is 2. The largest absolute Gasteiger partial charge is 0.497 e. The summed E-state index contributed by atoms with van der Waals surface area (Å²) in [6, 6.07) is 3.88. The van der Waals surface area contributed by atoms with Gasteiger partial charge in [0.25, 0.3) is 0 Å². The molecule has 1 rings (SSSR count). The van der Waals surface area contributed by atoms with Crippen LogP contribution >= 0.6 is 15.9 Å². The molecule has 0 aliphatic carbocycles. The van der Waals surface area contributed by atoms with Crippen molar-refractivity contribution in [3.63, 3.8) is 0 Å². The zero-order valence-corrected chi connectivity index (χ0v) is 21.0. The normalized spacial score (nSPS) is 13.8. The Labute approximate surface area is 175 Å². The second kappa shape index (κ2) is 10.7. The average Bonchev–Trinajstić information content (AvgIpc) is 2.60. The fourth-order valence-electron chi connectivity index (χ4n) is 4.17. The number of rotatable bonds is 10. The number of ether oxygens (including phenoxy) is 2. The second-order valence-corrected chi connectivity index (χ2v) is 14.3. The SMILES string of the molecule is COc1cc(/C=C/C[C@@H](C)O[Si](C(C)C)(C(C)C)C(C)C)c(Br)c(OC)c1. The minimum atomic E-state index is -1.84. The topological polar surface area (TPSA) is 27.7 Å². The number of hydrogen-bond acceptors (Lipinski definition) is 3. The molecule has 0 amide bonds. The minimum absolute atomic E-state index is 0.200. The van der Waals surface area contributed by atoms with E-state index in [0.717, 1.165) is 28.0 Å². The van der Waals surface area contributed by atoms with E-state index in [2.05, 4.69) is 76.5 Å². The average molecular weight is 458 g/mol. The first-order chi connectivity index (χ1) is 12.6. The Kier molecular flexibility index (Phi) is 9.59. The molecule has 1 aromatic rings. The summed E-state index contributed by atoms with van der Waals surface area (Å²) in [4.78, 5) is 0. The van der Waals surface area contributed by atoms with Gasteiger partial charge in [0.05, 0.1) is 18.7 Å². The van der Waals surface area contributed by atoms with Gasteiger partial charge in [0.15, 0.2) is 0 Å². The maximum atomic E-state index is 6.81. The van der Waals surface area contributed by atoms with Crippen LogP contribution < -0.4 is 9.47 Å². The van der Waals surface area contributed by atoms with E-state index in [1.807, 2.05) is 12.1 Å². The summed E-state index contributed by atoms with van der Waals surface area (Å²) in [5, 5.41) is 0. The third kappa shape index (κ3) is 5.85. The Morgan fingerprint density at radius 3 is 1.93 bits per heavy atom. The lowest BCUT2D eigenvalue weighted by molar-refractivity contribution is 0.194. The van der Waals surface area contributed by atoms with E-state index in [0.29, 0.717) is 16.6 Å². The van der Waals surface area contributed by atoms with Crippen LogP contribution in [-0.2, 0) is 4.43 Å². The molecule has 0 aromatic heterocycles. The van der Waals surface area contributed by atoms with Gasteiger partial charge in [-0.3, -0.25) is 0 Å². The van der Waals surface area contributed by atoms with Crippen molar-refractivity contribution in [2.75, 3.05) is 14.2 Å². The van der Waals surface area contributed by atoms with Crippen LogP contribution in [-0.4, -0.2) is 28.6 Å². The van der Waals surface area contributed by atoms with Crippen LogP contribution in [0.5, 0.6) is 11.5 Å². The maximum Gasteiger partial charge on any atom is 0.200 e. The second-order valence-electron chi connectivity index (χ2n) is 8.12. The van der Waals surface area contributed by atoms with E-state index >= 15 is 0 Å². The summed E-state index contributed by atoms with van der Waals surface area (Å²) in [5.74, 6) is 1.55. The molecule has 0 saturated carbocycles. The van der Waals surface area contributed by atoms with E-state index < -0.39 is 8.32 Å². The van der Waals surface area contributed by atoms with Crippen molar-refractivity contribution in [2.24, 2.45) is 0 Å². The smallest absolute Gasteiger partial charge is 0.200 e. The molecule has 0 aliphatic rings. The summed E-state index contributed by atoms with van der Waals surface area (Å²) in [5.41, 5.74) is 2.83. The van der Waals surface area contributed by atoms with Crippen molar-refractivity contribution in [1.29, 1.82) is 0 Å². The predicted octanol–water partition coefficient (Wildman–Crippen LogP) is 7.45. The molecule has 0 saturated heterocycles. The molecule has 0 aliphatic heterocycles. The van der Waals surface area contributed by atoms with Crippen molar-refractivity contribution in [1.82, 2.24) is 0 Å². The van der Waals surface area contributed by atoms with Crippen molar-refractivity contribution >= 4 is 30.3 Å². The van der Waals surface area contributed by atoms with Gasteiger partial charge in [-0.2, -0.15) is 0 Å². The van der Waals surface area contributed by atoms with Crippen LogP contribution in [0.15, 0.2) is 22.7 Å². The van der Waals surface area contributed by atoms with Crippen molar-refractivity contribution in [3.8, 4) is 11.5 Å². The zero-order valence-electron chi connectivity index (χ0n) is 18.4. The van der Waals surface area contributed by atoms with E-state index in [9.17, 15) is 0 Å². The van der Waals surface area contributed by atoms with Crippen molar-refractivity contribution in [3.05, 3.63) is 28.2 Å². The van der Waals surface area contributed by atoms with E-state index in [-0.39, 0.29) is 6.10 Å². The molecule has 0 radical (unpaired) electrons. The van der Waals surface area contributed by atoms with Gasteiger partial charge in [0, 0.05) is 12.2 Å². The Morgan fingerprint density at radius 2 is 1.48 bits per heavy atom. The molecule has 0 fully saturated rings. The first kappa shape index (κ1) is 24.3. The lowest BCUT2D eigenvalue weighted by atomic mass is 10.1. The molecule has 27 heavy (non-hydrogen) atoms. The van der Waals surface area contributed by atoms with Crippen molar-refractivity contribution < 1.29 is 13.9 Å². The summed E-state index contributed by atoms with van der Waals surface area (Å²) < 4.78 is 18.5. The highest BCUT2D eigenvalue weighted by atomic mass is 79.9. The number of halogens is 1. The molecule has 0 bridgehead atoms. The molecular formula is C22H37BrO3Si. The van der Waals surface area contributed by atoms with Gasteiger partial charge in [-0.1, -0.05) is 53.7 Å². The first-order valence-electron chi connectivity index (χ1n) is 9.85. The highest BCUT2D eigenvalue weighted by Gasteiger charge is 2.45. The van der Waals surface area contributed by atoms with Gasteiger partial charge in [-0.15, -0.1) is 0 Å². The number of benzene rings is 1. The molecule has 1 atom stereocenters. The molecule has 0 N–H and O–H groups in total. The van der Waals surface area contributed by atoms with Crippen LogP contribution in [0.1, 0.15) is 60.5 Å². The van der Waals surface area contributed by atoms with Crippen LogP contribution in [0.2, 0.25) is 16.6 Å². The molecule has 5 heteroatoms. The van der Waals surface area contributed by atoms with Crippen LogP contribution in [0.25, 0.3) is 6.08 Å². The Balaban J connectivity index is 2.94. The van der Waals surface area contributed by atoms with Gasteiger partial charge in [0.1, 0.15) is 11.5 Å². The quantitative estimate of drug-likeness (QED) is 0.342. The molecule has 0 unspecified atom stereocenters. The fourth-order valence-corrected chi connectivity index (χ4v) is 10.3. The van der Waals surface area contributed by atoms with E-state index in [1.54, 1.807) is 14.2 Å². The summed E-state index contributed by atoms with van der Waals surface area (Å²) in [6.07, 6.45) is 5.38. The lowest BCUT2D eigenvalue weighted by Crippen LogP contribution is -2.49. The van der Waals surface area contributed by atoms with Crippen LogP contribution in [0.3, 0.4) is 0 Å². The zero-order chi connectivity index (χ0) is 20.8. The Hall–Kier alpha value is -0.783. The summed E-state index contributed by atoms with van der Waals surface area (Å²) >= 11 is 3.62. The van der Waals surface area contributed by atoms with Gasteiger partial charge in [0.2, 0.25) is 8.32 Å². The van der Waals surface area contributed by atoms with Crippen LogP contribution in [0.4, 0.5) is 0 Å². The fraction of sp³-hybridized carbons (Fsp3) is 0.636. The third-order valence-corrected chi connectivity index (χ3v) is 12.4. The minimum Gasteiger partial charge on any atom is -0.497 e. The third-order valence-electron chi connectivity index (χ3n) is 5.37. The highest BCUT2D eigenvalue weighted by molar-refractivity contribution is 9.10. The maximum absolute atomic E-state index is 6.81. The van der Waals surface area contributed by atoms with Gasteiger partial charge >= 0.3 is 0 Å². The molecular weight excluding hydrogens is 420 g/mol. The van der Waals surface area contributed by atoms with Gasteiger partial charge in [-0.25, -0.2) is 0 Å². The molecule has 1 aromatic carbocycles. The summed E-state index contributed by atoms with van der Waals surface area (Å²) in [7, 11) is 1.49. The molecule has 3 nitrogen and oxygen atoms in total. The Bertz CT molecular complexity index is 604. The first-order valence-corrected chi connectivity index (χ1v) is 12.8. The van der Waals surface area contributed by atoms with E-state index in [1.165, 1.54) is 0 Å². The lowest BCUT2D eigenvalue weighted by Gasteiger charge is -2.44. The molecule has 0 spiro atoms. The monoisotopic (exact) mass is 456 g/mol.